The van der Waals surface area contributed by atoms with Gasteiger partial charge in [0.15, 0.2) is 0 Å². The molecular formula is C13H15ClFNO3. The number of rotatable bonds is 3. The lowest BCUT2D eigenvalue weighted by atomic mass is 10.1. The summed E-state index contributed by atoms with van der Waals surface area (Å²) in [4.78, 5) is 11.9. The maximum absolute atomic E-state index is 13.6. The van der Waals surface area contributed by atoms with E-state index in [1.807, 2.05) is 0 Å². The zero-order valence-electron chi connectivity index (χ0n) is 10.5. The third-order valence-electron chi connectivity index (χ3n) is 2.89. The highest BCUT2D eigenvalue weighted by atomic mass is 35.5. The van der Waals surface area contributed by atoms with Gasteiger partial charge in [-0.3, -0.25) is 4.79 Å². The summed E-state index contributed by atoms with van der Waals surface area (Å²) in [5.74, 6) is -1.17. The number of hydrogen-bond donors (Lipinski definition) is 1. The molecule has 19 heavy (non-hydrogen) atoms. The van der Waals surface area contributed by atoms with Crippen LogP contribution in [0.4, 0.5) is 4.39 Å². The van der Waals surface area contributed by atoms with Gasteiger partial charge in [0.25, 0.3) is 5.91 Å². The second-order valence-corrected chi connectivity index (χ2v) is 4.71. The van der Waals surface area contributed by atoms with Gasteiger partial charge in [-0.05, 0) is 18.6 Å². The average Bonchev–Trinajstić information content (AvgIpc) is 2.42. The van der Waals surface area contributed by atoms with Gasteiger partial charge < -0.3 is 14.8 Å². The van der Waals surface area contributed by atoms with Crippen molar-refractivity contribution in [3.63, 3.8) is 0 Å². The normalized spacial score (nSPS) is 19.2. The Bertz CT molecular complexity index is 475. The minimum atomic E-state index is -0.631. The number of aryl methyl sites for hydroxylation is 1. The molecule has 0 aromatic heterocycles. The van der Waals surface area contributed by atoms with Crippen molar-refractivity contribution < 1.29 is 18.7 Å². The third-order valence-corrected chi connectivity index (χ3v) is 3.37. The van der Waals surface area contributed by atoms with Gasteiger partial charge >= 0.3 is 0 Å². The topological polar surface area (TPSA) is 47.6 Å². The summed E-state index contributed by atoms with van der Waals surface area (Å²) in [5, 5.41) is 2.75. The molecule has 4 nitrogen and oxygen atoms in total. The molecule has 1 atom stereocenters. The van der Waals surface area contributed by atoms with E-state index in [-0.39, 0.29) is 23.2 Å². The first-order valence-corrected chi connectivity index (χ1v) is 6.39. The second kappa shape index (κ2) is 6.32. The number of hydrogen-bond acceptors (Lipinski definition) is 3. The van der Waals surface area contributed by atoms with E-state index in [4.69, 9.17) is 21.1 Å². The van der Waals surface area contributed by atoms with Crippen LogP contribution >= 0.6 is 11.6 Å². The van der Waals surface area contributed by atoms with Crippen molar-refractivity contribution in [3.05, 3.63) is 34.1 Å². The Hall–Kier alpha value is -1.17. The minimum absolute atomic E-state index is 0.126. The van der Waals surface area contributed by atoms with Crippen LogP contribution in [0.25, 0.3) is 0 Å². The SMILES string of the molecule is Cc1ccc(F)c(C(=O)NC[C@H]2COCCO2)c1Cl. The molecule has 1 aromatic carbocycles. The highest BCUT2D eigenvalue weighted by Gasteiger charge is 2.20. The van der Waals surface area contributed by atoms with Crippen LogP contribution < -0.4 is 5.32 Å². The summed E-state index contributed by atoms with van der Waals surface area (Å²) in [6, 6.07) is 2.77. The molecule has 0 bridgehead atoms. The van der Waals surface area contributed by atoms with Crippen LogP contribution in [0.3, 0.4) is 0 Å². The average molecular weight is 288 g/mol. The van der Waals surface area contributed by atoms with Gasteiger partial charge in [-0.25, -0.2) is 4.39 Å². The molecule has 1 aromatic rings. The molecule has 1 heterocycles. The van der Waals surface area contributed by atoms with Gasteiger partial charge in [-0.15, -0.1) is 0 Å². The van der Waals surface area contributed by atoms with Crippen LogP contribution in [0.2, 0.25) is 5.02 Å². The van der Waals surface area contributed by atoms with Crippen LogP contribution in [-0.4, -0.2) is 38.4 Å². The van der Waals surface area contributed by atoms with E-state index in [9.17, 15) is 9.18 Å². The third kappa shape index (κ3) is 3.43. The van der Waals surface area contributed by atoms with Gasteiger partial charge in [-0.2, -0.15) is 0 Å². The number of benzene rings is 1. The van der Waals surface area contributed by atoms with Crippen LogP contribution in [0.5, 0.6) is 0 Å². The Balaban J connectivity index is 2.01. The van der Waals surface area contributed by atoms with E-state index in [2.05, 4.69) is 5.32 Å². The molecule has 1 amide bonds. The Kier molecular flexibility index (Phi) is 4.74. The molecule has 1 aliphatic heterocycles. The van der Waals surface area contributed by atoms with Crippen molar-refractivity contribution in [1.82, 2.24) is 5.32 Å². The molecule has 1 saturated heterocycles. The number of halogens is 2. The first-order valence-electron chi connectivity index (χ1n) is 6.01. The summed E-state index contributed by atoms with van der Waals surface area (Å²) in [7, 11) is 0. The molecule has 0 saturated carbocycles. The smallest absolute Gasteiger partial charge is 0.255 e. The Morgan fingerprint density at radius 2 is 2.32 bits per heavy atom. The molecular weight excluding hydrogens is 273 g/mol. The molecule has 1 aliphatic rings. The Morgan fingerprint density at radius 1 is 1.53 bits per heavy atom. The number of carbonyl (C=O) groups is 1. The van der Waals surface area contributed by atoms with Crippen molar-refractivity contribution in [1.29, 1.82) is 0 Å². The van der Waals surface area contributed by atoms with Crippen LogP contribution in [0.15, 0.2) is 12.1 Å². The largest absolute Gasteiger partial charge is 0.376 e. The van der Waals surface area contributed by atoms with Gasteiger partial charge in [0, 0.05) is 6.54 Å². The number of ether oxygens (including phenoxy) is 2. The summed E-state index contributed by atoms with van der Waals surface area (Å²) < 4.78 is 24.2. The lowest BCUT2D eigenvalue weighted by molar-refractivity contribution is -0.0855. The summed E-state index contributed by atoms with van der Waals surface area (Å²) in [5.41, 5.74) is 0.531. The summed E-state index contributed by atoms with van der Waals surface area (Å²) in [6.07, 6.45) is -0.204. The van der Waals surface area contributed by atoms with Gasteiger partial charge in [0.2, 0.25) is 0 Å². The number of nitrogens with one attached hydrogen (secondary N) is 1. The zero-order chi connectivity index (χ0) is 13.8. The molecule has 104 valence electrons. The number of amides is 1. The first kappa shape index (κ1) is 14.2. The van der Waals surface area contributed by atoms with Crippen LogP contribution in [-0.2, 0) is 9.47 Å². The molecule has 0 spiro atoms. The monoisotopic (exact) mass is 287 g/mol. The highest BCUT2D eigenvalue weighted by molar-refractivity contribution is 6.34. The lowest BCUT2D eigenvalue weighted by Gasteiger charge is -2.23. The fraction of sp³-hybridized carbons (Fsp3) is 0.462. The predicted octanol–water partition coefficient (Wildman–Crippen LogP) is 1.93. The maximum Gasteiger partial charge on any atom is 0.255 e. The van der Waals surface area contributed by atoms with Crippen molar-refractivity contribution in [3.8, 4) is 0 Å². The predicted molar refractivity (Wildman–Crippen MR) is 69.0 cm³/mol. The zero-order valence-corrected chi connectivity index (χ0v) is 11.3. The molecule has 0 radical (unpaired) electrons. The lowest BCUT2D eigenvalue weighted by Crippen LogP contribution is -2.40. The minimum Gasteiger partial charge on any atom is -0.376 e. The quantitative estimate of drug-likeness (QED) is 0.924. The number of carbonyl (C=O) groups excluding carboxylic acids is 1. The van der Waals surface area contributed by atoms with Crippen molar-refractivity contribution in [2.75, 3.05) is 26.4 Å². The van der Waals surface area contributed by atoms with E-state index in [0.717, 1.165) is 0 Å². The highest BCUT2D eigenvalue weighted by Crippen LogP contribution is 2.23. The molecule has 0 aliphatic carbocycles. The Labute approximate surface area is 115 Å². The van der Waals surface area contributed by atoms with E-state index in [1.165, 1.54) is 12.1 Å². The maximum atomic E-state index is 13.6. The van der Waals surface area contributed by atoms with E-state index >= 15 is 0 Å². The molecule has 6 heteroatoms. The Morgan fingerprint density at radius 3 is 3.00 bits per heavy atom. The van der Waals surface area contributed by atoms with Gasteiger partial charge in [-0.1, -0.05) is 17.7 Å². The van der Waals surface area contributed by atoms with E-state index in [0.29, 0.717) is 25.4 Å². The summed E-state index contributed by atoms with van der Waals surface area (Å²) in [6.45, 7) is 3.46. The molecule has 1 fully saturated rings. The van der Waals surface area contributed by atoms with Crippen LogP contribution in [0.1, 0.15) is 15.9 Å². The molecule has 2 rings (SSSR count). The van der Waals surface area contributed by atoms with Crippen molar-refractivity contribution in [2.24, 2.45) is 0 Å². The summed E-state index contributed by atoms with van der Waals surface area (Å²) >= 11 is 5.96. The van der Waals surface area contributed by atoms with Gasteiger partial charge in [0.1, 0.15) is 5.82 Å². The van der Waals surface area contributed by atoms with Crippen molar-refractivity contribution in [2.45, 2.75) is 13.0 Å². The second-order valence-electron chi connectivity index (χ2n) is 4.33. The van der Waals surface area contributed by atoms with Crippen LogP contribution in [0, 0.1) is 12.7 Å². The van der Waals surface area contributed by atoms with Gasteiger partial charge in [0.05, 0.1) is 36.5 Å². The molecule has 1 N–H and O–H groups in total. The van der Waals surface area contributed by atoms with E-state index in [1.54, 1.807) is 6.92 Å². The molecule has 0 unspecified atom stereocenters. The fourth-order valence-corrected chi connectivity index (χ4v) is 2.05. The first-order chi connectivity index (χ1) is 9.09. The van der Waals surface area contributed by atoms with E-state index < -0.39 is 11.7 Å². The van der Waals surface area contributed by atoms with Crippen molar-refractivity contribution >= 4 is 17.5 Å². The standard InChI is InChI=1S/C13H15ClFNO3/c1-8-2-3-10(15)11(12(8)14)13(17)16-6-9-7-18-4-5-19-9/h2-3,9H,4-7H2,1H3,(H,16,17)/t9-/m0/s1. The fourth-order valence-electron chi connectivity index (χ4n) is 1.81.